The summed E-state index contributed by atoms with van der Waals surface area (Å²) in [7, 11) is 1.81. The molecule has 2 aliphatic rings. The average molecular weight is 428 g/mol. The zero-order valence-corrected chi connectivity index (χ0v) is 18.9. The van der Waals surface area contributed by atoms with Crippen molar-refractivity contribution in [2.45, 2.75) is 45.6 Å². The van der Waals surface area contributed by atoms with Gasteiger partial charge in [0, 0.05) is 50.6 Å². The van der Waals surface area contributed by atoms with Gasteiger partial charge in [0.25, 0.3) is 0 Å². The Balaban J connectivity index is 1.24. The quantitative estimate of drug-likeness (QED) is 0.471. The van der Waals surface area contributed by atoms with Crippen molar-refractivity contribution in [1.29, 1.82) is 0 Å². The van der Waals surface area contributed by atoms with Crippen LogP contribution in [0.3, 0.4) is 0 Å². The van der Waals surface area contributed by atoms with Gasteiger partial charge in [0.15, 0.2) is 11.1 Å². The lowest BCUT2D eigenvalue weighted by atomic mass is 10.1. The predicted octanol–water partition coefficient (Wildman–Crippen LogP) is 3.75. The normalized spacial score (nSPS) is 16.7. The summed E-state index contributed by atoms with van der Waals surface area (Å²) in [6, 6.07) is 6.42. The topological polar surface area (TPSA) is 61.8 Å². The van der Waals surface area contributed by atoms with E-state index in [0.717, 1.165) is 56.0 Å². The van der Waals surface area contributed by atoms with Crippen LogP contribution in [0.2, 0.25) is 0 Å². The molecular formula is C23H33N5OS. The lowest BCUT2D eigenvalue weighted by Crippen LogP contribution is -2.38. The standard InChI is InChI=1S/C23H33N5OS/c1-17-5-8-19(21(13-17)29-15-18-6-7-18)14-26-22(24-2)25-10-9-20-16-30-23(27-20)28-11-3-4-12-28/h5,8,13,16,18H,3-4,6-7,9-12,14-15H2,1-2H3,(H2,24,25,26). The summed E-state index contributed by atoms with van der Waals surface area (Å²) >= 11 is 1.76. The van der Waals surface area contributed by atoms with Gasteiger partial charge in [-0.15, -0.1) is 11.3 Å². The van der Waals surface area contributed by atoms with E-state index in [1.54, 1.807) is 11.3 Å². The fourth-order valence-corrected chi connectivity index (χ4v) is 4.52. The number of hydrogen-bond acceptors (Lipinski definition) is 5. The molecule has 7 heteroatoms. The van der Waals surface area contributed by atoms with Gasteiger partial charge in [-0.05, 0) is 50.2 Å². The summed E-state index contributed by atoms with van der Waals surface area (Å²) in [6.07, 6.45) is 6.06. The highest BCUT2D eigenvalue weighted by molar-refractivity contribution is 7.13. The molecular weight excluding hydrogens is 394 g/mol. The van der Waals surface area contributed by atoms with Gasteiger partial charge in [0.05, 0.1) is 12.3 Å². The summed E-state index contributed by atoms with van der Waals surface area (Å²) in [5, 5.41) is 10.2. The van der Waals surface area contributed by atoms with E-state index >= 15 is 0 Å². The first-order valence-corrected chi connectivity index (χ1v) is 12.0. The number of ether oxygens (including phenoxy) is 1. The molecule has 2 fully saturated rings. The zero-order valence-electron chi connectivity index (χ0n) is 18.1. The van der Waals surface area contributed by atoms with Crippen LogP contribution in [0.5, 0.6) is 5.75 Å². The molecule has 1 aromatic heterocycles. The highest BCUT2D eigenvalue weighted by atomic mass is 32.1. The molecule has 0 bridgehead atoms. The third-order valence-corrected chi connectivity index (χ3v) is 6.60. The smallest absolute Gasteiger partial charge is 0.191 e. The van der Waals surface area contributed by atoms with Crippen molar-refractivity contribution in [3.05, 3.63) is 40.4 Å². The van der Waals surface area contributed by atoms with Gasteiger partial charge < -0.3 is 20.3 Å². The van der Waals surface area contributed by atoms with E-state index in [9.17, 15) is 0 Å². The second kappa shape index (κ2) is 10.2. The number of aromatic nitrogens is 1. The summed E-state index contributed by atoms with van der Waals surface area (Å²) in [5.41, 5.74) is 3.54. The Labute approximate surface area is 183 Å². The highest BCUT2D eigenvalue weighted by Crippen LogP contribution is 2.30. The molecule has 162 valence electrons. The van der Waals surface area contributed by atoms with Crippen molar-refractivity contribution in [3.63, 3.8) is 0 Å². The van der Waals surface area contributed by atoms with Crippen LogP contribution in [-0.4, -0.2) is 44.2 Å². The summed E-state index contributed by atoms with van der Waals surface area (Å²) < 4.78 is 6.08. The Morgan fingerprint density at radius 3 is 2.87 bits per heavy atom. The number of aryl methyl sites for hydroxylation is 1. The molecule has 4 rings (SSSR count). The van der Waals surface area contributed by atoms with Gasteiger partial charge in [-0.25, -0.2) is 4.98 Å². The van der Waals surface area contributed by atoms with Gasteiger partial charge in [-0.3, -0.25) is 4.99 Å². The Morgan fingerprint density at radius 2 is 2.10 bits per heavy atom. The van der Waals surface area contributed by atoms with Crippen molar-refractivity contribution < 1.29 is 4.74 Å². The molecule has 6 nitrogen and oxygen atoms in total. The van der Waals surface area contributed by atoms with Crippen molar-refractivity contribution in [1.82, 2.24) is 15.6 Å². The molecule has 1 aliphatic heterocycles. The molecule has 1 saturated carbocycles. The van der Waals surface area contributed by atoms with Crippen LogP contribution in [0, 0.1) is 12.8 Å². The molecule has 0 spiro atoms. The molecule has 1 aromatic carbocycles. The van der Waals surface area contributed by atoms with Crippen molar-refractivity contribution in [2.75, 3.05) is 38.2 Å². The van der Waals surface area contributed by atoms with E-state index in [1.165, 1.54) is 41.9 Å². The maximum atomic E-state index is 6.08. The van der Waals surface area contributed by atoms with Gasteiger partial charge in [0.2, 0.25) is 0 Å². The Kier molecular flexibility index (Phi) is 7.10. The van der Waals surface area contributed by atoms with Gasteiger partial charge in [-0.1, -0.05) is 12.1 Å². The molecule has 0 unspecified atom stereocenters. The number of benzene rings is 1. The molecule has 0 atom stereocenters. The largest absolute Gasteiger partial charge is 0.493 e. The fraction of sp³-hybridized carbons (Fsp3) is 0.565. The van der Waals surface area contributed by atoms with Crippen molar-refractivity contribution >= 4 is 22.4 Å². The summed E-state index contributed by atoms with van der Waals surface area (Å²) in [4.78, 5) is 11.6. The first-order chi connectivity index (χ1) is 14.7. The first-order valence-electron chi connectivity index (χ1n) is 11.1. The van der Waals surface area contributed by atoms with E-state index in [-0.39, 0.29) is 0 Å². The van der Waals surface area contributed by atoms with E-state index in [4.69, 9.17) is 9.72 Å². The van der Waals surface area contributed by atoms with Gasteiger partial charge in [-0.2, -0.15) is 0 Å². The van der Waals surface area contributed by atoms with E-state index < -0.39 is 0 Å². The summed E-state index contributed by atoms with van der Waals surface area (Å²) in [6.45, 7) is 6.73. The number of hydrogen-bond donors (Lipinski definition) is 2. The van der Waals surface area contributed by atoms with Crippen LogP contribution in [-0.2, 0) is 13.0 Å². The number of anilines is 1. The number of nitrogens with zero attached hydrogens (tertiary/aromatic N) is 3. The number of aliphatic imine (C=N–C) groups is 1. The summed E-state index contributed by atoms with van der Waals surface area (Å²) in [5.74, 6) is 2.54. The fourth-order valence-electron chi connectivity index (χ4n) is 3.61. The van der Waals surface area contributed by atoms with E-state index in [2.05, 4.69) is 51.0 Å². The minimum absolute atomic E-state index is 0.690. The van der Waals surface area contributed by atoms with Crippen molar-refractivity contribution in [3.8, 4) is 5.75 Å². The molecule has 2 N–H and O–H groups in total. The first kappa shape index (κ1) is 21.0. The van der Waals surface area contributed by atoms with E-state index in [0.29, 0.717) is 6.54 Å². The molecule has 1 aliphatic carbocycles. The monoisotopic (exact) mass is 427 g/mol. The van der Waals surface area contributed by atoms with Gasteiger partial charge in [0.1, 0.15) is 5.75 Å². The second-order valence-electron chi connectivity index (χ2n) is 8.28. The minimum Gasteiger partial charge on any atom is -0.493 e. The van der Waals surface area contributed by atoms with Gasteiger partial charge >= 0.3 is 0 Å². The number of rotatable bonds is 9. The van der Waals surface area contributed by atoms with Crippen LogP contribution >= 0.6 is 11.3 Å². The third-order valence-electron chi connectivity index (χ3n) is 5.65. The van der Waals surface area contributed by atoms with Crippen LogP contribution in [0.4, 0.5) is 5.13 Å². The second-order valence-corrected chi connectivity index (χ2v) is 9.12. The molecule has 1 saturated heterocycles. The maximum absolute atomic E-state index is 6.08. The third kappa shape index (κ3) is 5.88. The SMILES string of the molecule is CN=C(NCCc1csc(N2CCCC2)n1)NCc1ccc(C)cc1OCC1CC1. The van der Waals surface area contributed by atoms with Crippen LogP contribution < -0.4 is 20.3 Å². The number of thiazole rings is 1. The molecule has 2 heterocycles. The Hall–Kier alpha value is -2.28. The van der Waals surface area contributed by atoms with Crippen LogP contribution in [0.15, 0.2) is 28.6 Å². The average Bonchev–Trinajstić information content (AvgIpc) is 3.21. The minimum atomic E-state index is 0.690. The number of guanidine groups is 1. The lowest BCUT2D eigenvalue weighted by Gasteiger charge is -2.15. The highest BCUT2D eigenvalue weighted by Gasteiger charge is 2.22. The molecule has 0 amide bonds. The molecule has 30 heavy (non-hydrogen) atoms. The Morgan fingerprint density at radius 1 is 1.27 bits per heavy atom. The van der Waals surface area contributed by atoms with E-state index in [1.807, 2.05) is 7.05 Å². The lowest BCUT2D eigenvalue weighted by molar-refractivity contribution is 0.296. The number of nitrogens with one attached hydrogen (secondary N) is 2. The van der Waals surface area contributed by atoms with Crippen molar-refractivity contribution in [2.24, 2.45) is 10.9 Å². The predicted molar refractivity (Wildman–Crippen MR) is 125 cm³/mol. The van der Waals surface area contributed by atoms with Crippen LogP contribution in [0.25, 0.3) is 0 Å². The Bertz CT molecular complexity index is 855. The molecule has 2 aromatic rings. The molecule has 0 radical (unpaired) electrons. The van der Waals surface area contributed by atoms with Crippen LogP contribution in [0.1, 0.15) is 42.5 Å². The maximum Gasteiger partial charge on any atom is 0.191 e. The zero-order chi connectivity index (χ0) is 20.8.